The first-order valence-electron chi connectivity index (χ1n) is 2.90. The predicted octanol–water partition coefficient (Wildman–Crippen LogP) is 1.74. The number of H-pyrrole nitrogens is 1. The SMILES string of the molecule is CC(Br)Cc1cnc[nH]1. The zero-order chi connectivity index (χ0) is 6.69. The van der Waals surface area contributed by atoms with Crippen molar-refractivity contribution in [2.45, 2.75) is 18.2 Å². The lowest BCUT2D eigenvalue weighted by Crippen LogP contribution is -1.95. The van der Waals surface area contributed by atoms with E-state index in [0.29, 0.717) is 4.83 Å². The molecule has 0 fully saturated rings. The number of halogens is 1. The Balaban J connectivity index is 2.48. The van der Waals surface area contributed by atoms with Gasteiger partial charge in [0.25, 0.3) is 0 Å². The molecule has 1 heterocycles. The summed E-state index contributed by atoms with van der Waals surface area (Å²) in [4.78, 5) is 7.45. The van der Waals surface area contributed by atoms with Crippen molar-refractivity contribution >= 4 is 15.9 Å². The van der Waals surface area contributed by atoms with E-state index < -0.39 is 0 Å². The highest BCUT2D eigenvalue weighted by Gasteiger charge is 1.97. The minimum Gasteiger partial charge on any atom is -0.348 e. The fraction of sp³-hybridized carbons (Fsp3) is 0.500. The Hall–Kier alpha value is -0.310. The quantitative estimate of drug-likeness (QED) is 0.705. The molecular weight excluding hydrogens is 180 g/mol. The second kappa shape index (κ2) is 3.01. The Morgan fingerprint density at radius 2 is 2.67 bits per heavy atom. The largest absolute Gasteiger partial charge is 0.348 e. The van der Waals surface area contributed by atoms with Crippen LogP contribution in [0.3, 0.4) is 0 Å². The molecule has 2 nitrogen and oxygen atoms in total. The summed E-state index contributed by atoms with van der Waals surface area (Å²) in [6.07, 6.45) is 4.56. The normalized spacial score (nSPS) is 13.6. The molecule has 0 radical (unpaired) electrons. The second-order valence-electron chi connectivity index (χ2n) is 2.06. The summed E-state index contributed by atoms with van der Waals surface area (Å²) in [7, 11) is 0. The highest BCUT2D eigenvalue weighted by atomic mass is 79.9. The van der Waals surface area contributed by atoms with Crippen molar-refractivity contribution in [3.8, 4) is 0 Å². The molecule has 0 aliphatic rings. The van der Waals surface area contributed by atoms with Crippen molar-refractivity contribution < 1.29 is 0 Å². The molecule has 1 unspecified atom stereocenters. The number of aromatic nitrogens is 2. The van der Waals surface area contributed by atoms with Crippen molar-refractivity contribution in [2.24, 2.45) is 0 Å². The van der Waals surface area contributed by atoms with Crippen molar-refractivity contribution in [3.05, 3.63) is 18.2 Å². The zero-order valence-electron chi connectivity index (χ0n) is 5.26. The molecule has 0 amide bonds. The number of nitrogens with one attached hydrogen (secondary N) is 1. The third-order valence-electron chi connectivity index (χ3n) is 1.06. The summed E-state index contributed by atoms with van der Waals surface area (Å²) < 4.78 is 0. The molecule has 0 aliphatic heterocycles. The molecule has 0 aliphatic carbocycles. The molecule has 0 saturated carbocycles. The van der Waals surface area contributed by atoms with E-state index >= 15 is 0 Å². The van der Waals surface area contributed by atoms with E-state index in [0.717, 1.165) is 6.42 Å². The highest BCUT2D eigenvalue weighted by Crippen LogP contribution is 2.04. The molecule has 0 saturated heterocycles. The van der Waals surface area contributed by atoms with Gasteiger partial charge in [0, 0.05) is 23.1 Å². The van der Waals surface area contributed by atoms with E-state index in [1.165, 1.54) is 5.69 Å². The minimum atomic E-state index is 0.526. The van der Waals surface area contributed by atoms with Crippen LogP contribution in [0, 0.1) is 0 Å². The van der Waals surface area contributed by atoms with Gasteiger partial charge in [-0.3, -0.25) is 0 Å². The topological polar surface area (TPSA) is 28.7 Å². The fourth-order valence-electron chi connectivity index (χ4n) is 0.699. The molecule has 1 atom stereocenters. The number of hydrogen-bond acceptors (Lipinski definition) is 1. The van der Waals surface area contributed by atoms with Gasteiger partial charge >= 0.3 is 0 Å². The van der Waals surface area contributed by atoms with E-state index in [2.05, 4.69) is 32.8 Å². The average molecular weight is 189 g/mol. The van der Waals surface area contributed by atoms with Crippen LogP contribution in [0.1, 0.15) is 12.6 Å². The van der Waals surface area contributed by atoms with Gasteiger partial charge in [0.1, 0.15) is 0 Å². The molecule has 1 N–H and O–H groups in total. The Bertz CT molecular complexity index is 158. The average Bonchev–Trinajstić information content (AvgIpc) is 2.15. The molecule has 3 heteroatoms. The first-order chi connectivity index (χ1) is 4.29. The smallest absolute Gasteiger partial charge is 0.0921 e. The molecule has 50 valence electrons. The zero-order valence-corrected chi connectivity index (χ0v) is 6.85. The summed E-state index contributed by atoms with van der Waals surface area (Å²) in [5.41, 5.74) is 1.18. The number of alkyl halides is 1. The molecule has 1 aromatic heterocycles. The maximum absolute atomic E-state index is 3.90. The van der Waals surface area contributed by atoms with E-state index in [1.807, 2.05) is 6.20 Å². The van der Waals surface area contributed by atoms with Gasteiger partial charge in [-0.05, 0) is 0 Å². The molecule has 0 spiro atoms. The molecular formula is C6H9BrN2. The van der Waals surface area contributed by atoms with Crippen LogP contribution >= 0.6 is 15.9 Å². The second-order valence-corrected chi connectivity index (χ2v) is 3.62. The first-order valence-corrected chi connectivity index (χ1v) is 3.82. The Morgan fingerprint density at radius 1 is 1.89 bits per heavy atom. The van der Waals surface area contributed by atoms with Gasteiger partial charge in [0.15, 0.2) is 0 Å². The van der Waals surface area contributed by atoms with Crippen molar-refractivity contribution in [1.82, 2.24) is 9.97 Å². The maximum atomic E-state index is 3.90. The van der Waals surface area contributed by atoms with Gasteiger partial charge in [0.2, 0.25) is 0 Å². The van der Waals surface area contributed by atoms with Gasteiger partial charge < -0.3 is 4.98 Å². The van der Waals surface area contributed by atoms with Gasteiger partial charge in [-0.15, -0.1) is 0 Å². The lowest BCUT2D eigenvalue weighted by atomic mass is 10.3. The highest BCUT2D eigenvalue weighted by molar-refractivity contribution is 9.09. The van der Waals surface area contributed by atoms with Crippen LogP contribution in [0.5, 0.6) is 0 Å². The lowest BCUT2D eigenvalue weighted by molar-refractivity contribution is 0.925. The van der Waals surface area contributed by atoms with Crippen molar-refractivity contribution in [2.75, 3.05) is 0 Å². The molecule has 0 bridgehead atoms. The number of aromatic amines is 1. The number of hydrogen-bond donors (Lipinski definition) is 1. The fourth-order valence-corrected chi connectivity index (χ4v) is 1.05. The number of imidazole rings is 1. The maximum Gasteiger partial charge on any atom is 0.0921 e. The third kappa shape index (κ3) is 2.18. The first kappa shape index (κ1) is 6.81. The Kier molecular flexibility index (Phi) is 2.28. The van der Waals surface area contributed by atoms with Crippen molar-refractivity contribution in [3.63, 3.8) is 0 Å². The van der Waals surface area contributed by atoms with Crippen LogP contribution in [0.15, 0.2) is 12.5 Å². The summed E-state index contributed by atoms with van der Waals surface area (Å²) in [6, 6.07) is 0. The van der Waals surface area contributed by atoms with Gasteiger partial charge in [-0.2, -0.15) is 0 Å². The standard InChI is InChI=1S/C6H9BrN2/c1-5(7)2-6-3-8-4-9-6/h3-5H,2H2,1H3,(H,8,9). The number of rotatable bonds is 2. The number of nitrogens with zero attached hydrogens (tertiary/aromatic N) is 1. The van der Waals surface area contributed by atoms with E-state index in [9.17, 15) is 0 Å². The van der Waals surface area contributed by atoms with Gasteiger partial charge in [-0.25, -0.2) is 4.98 Å². The Morgan fingerprint density at radius 3 is 3.11 bits per heavy atom. The van der Waals surface area contributed by atoms with Crippen LogP contribution in [0.4, 0.5) is 0 Å². The van der Waals surface area contributed by atoms with Gasteiger partial charge in [0.05, 0.1) is 6.33 Å². The lowest BCUT2D eigenvalue weighted by Gasteiger charge is -1.96. The Labute approximate surface area is 62.8 Å². The van der Waals surface area contributed by atoms with Crippen LogP contribution in [0.2, 0.25) is 0 Å². The monoisotopic (exact) mass is 188 g/mol. The predicted molar refractivity (Wildman–Crippen MR) is 40.7 cm³/mol. The molecule has 9 heavy (non-hydrogen) atoms. The van der Waals surface area contributed by atoms with Crippen LogP contribution in [-0.2, 0) is 6.42 Å². The summed E-state index contributed by atoms with van der Waals surface area (Å²) in [5, 5.41) is 0. The summed E-state index contributed by atoms with van der Waals surface area (Å²) in [6.45, 7) is 2.11. The van der Waals surface area contributed by atoms with Crippen molar-refractivity contribution in [1.29, 1.82) is 0 Å². The van der Waals surface area contributed by atoms with Crippen LogP contribution in [-0.4, -0.2) is 14.8 Å². The van der Waals surface area contributed by atoms with E-state index in [4.69, 9.17) is 0 Å². The summed E-state index contributed by atoms with van der Waals surface area (Å²) >= 11 is 3.45. The van der Waals surface area contributed by atoms with E-state index in [1.54, 1.807) is 6.33 Å². The molecule has 0 aromatic carbocycles. The molecule has 1 aromatic rings. The van der Waals surface area contributed by atoms with Crippen LogP contribution < -0.4 is 0 Å². The summed E-state index contributed by atoms with van der Waals surface area (Å²) in [5.74, 6) is 0. The molecule has 1 rings (SSSR count). The van der Waals surface area contributed by atoms with Crippen LogP contribution in [0.25, 0.3) is 0 Å². The van der Waals surface area contributed by atoms with E-state index in [-0.39, 0.29) is 0 Å². The van der Waals surface area contributed by atoms with Gasteiger partial charge in [-0.1, -0.05) is 22.9 Å². The minimum absolute atomic E-state index is 0.526. The third-order valence-corrected chi connectivity index (χ3v) is 1.38.